The van der Waals surface area contributed by atoms with Crippen molar-refractivity contribution in [3.05, 3.63) is 47.0 Å². The van der Waals surface area contributed by atoms with Crippen LogP contribution in [0, 0.1) is 6.92 Å². The second kappa shape index (κ2) is 5.29. The summed E-state index contributed by atoms with van der Waals surface area (Å²) in [6.45, 7) is 4.14. The van der Waals surface area contributed by atoms with E-state index < -0.39 is 0 Å². The van der Waals surface area contributed by atoms with E-state index in [2.05, 4.69) is 35.4 Å². The molecule has 0 aliphatic rings. The van der Waals surface area contributed by atoms with E-state index in [1.165, 1.54) is 0 Å². The Hall–Kier alpha value is -1.72. The smallest absolute Gasteiger partial charge is 0.0895 e. The van der Waals surface area contributed by atoms with Crippen LogP contribution in [0.15, 0.2) is 24.5 Å². The van der Waals surface area contributed by atoms with Crippen molar-refractivity contribution in [2.24, 2.45) is 12.9 Å². The third-order valence-electron chi connectivity index (χ3n) is 3.18. The highest BCUT2D eigenvalue weighted by atomic mass is 15.3. The van der Waals surface area contributed by atoms with Crippen LogP contribution in [-0.4, -0.2) is 14.8 Å². The monoisotopic (exact) mass is 245 g/mol. The molecule has 5 heteroatoms. The van der Waals surface area contributed by atoms with E-state index >= 15 is 0 Å². The Morgan fingerprint density at radius 1 is 1.50 bits per heavy atom. The molecule has 2 aromatic rings. The van der Waals surface area contributed by atoms with Gasteiger partial charge in [0.25, 0.3) is 0 Å². The van der Waals surface area contributed by atoms with Crippen LogP contribution in [0.3, 0.4) is 0 Å². The summed E-state index contributed by atoms with van der Waals surface area (Å²) in [5, 5.41) is 4.45. The van der Waals surface area contributed by atoms with Gasteiger partial charge in [-0.05, 0) is 36.6 Å². The van der Waals surface area contributed by atoms with Crippen molar-refractivity contribution >= 4 is 0 Å². The van der Waals surface area contributed by atoms with E-state index in [9.17, 15) is 0 Å². The lowest BCUT2D eigenvalue weighted by molar-refractivity contribution is 0.570. The maximum Gasteiger partial charge on any atom is 0.0895 e. The molecule has 0 radical (unpaired) electrons. The minimum Gasteiger partial charge on any atom is -0.271 e. The van der Waals surface area contributed by atoms with Crippen LogP contribution < -0.4 is 11.3 Å². The van der Waals surface area contributed by atoms with Crippen molar-refractivity contribution in [3.63, 3.8) is 0 Å². The number of nitrogens with one attached hydrogen (secondary N) is 1. The Bertz CT molecular complexity index is 532. The van der Waals surface area contributed by atoms with Gasteiger partial charge in [-0.3, -0.25) is 15.5 Å². The first kappa shape index (κ1) is 12.7. The third kappa shape index (κ3) is 2.27. The molecule has 0 aromatic carbocycles. The fraction of sp³-hybridized carbons (Fsp3) is 0.385. The van der Waals surface area contributed by atoms with Gasteiger partial charge >= 0.3 is 0 Å². The van der Waals surface area contributed by atoms with Gasteiger partial charge in [-0.15, -0.1) is 0 Å². The Kier molecular flexibility index (Phi) is 3.74. The first-order valence-corrected chi connectivity index (χ1v) is 6.06. The van der Waals surface area contributed by atoms with Crippen molar-refractivity contribution in [1.29, 1.82) is 0 Å². The predicted molar refractivity (Wildman–Crippen MR) is 70.7 cm³/mol. The molecule has 0 fully saturated rings. The molecule has 0 saturated heterocycles. The fourth-order valence-electron chi connectivity index (χ4n) is 2.10. The highest BCUT2D eigenvalue weighted by Crippen LogP contribution is 2.23. The number of aryl methyl sites for hydroxylation is 3. The maximum atomic E-state index is 5.71. The molecular weight excluding hydrogens is 226 g/mol. The number of aromatic nitrogens is 3. The molecule has 0 spiro atoms. The lowest BCUT2D eigenvalue weighted by Gasteiger charge is -2.18. The van der Waals surface area contributed by atoms with E-state index in [4.69, 9.17) is 5.84 Å². The summed E-state index contributed by atoms with van der Waals surface area (Å²) in [4.78, 5) is 4.17. The number of rotatable bonds is 4. The topological polar surface area (TPSA) is 68.8 Å². The lowest BCUT2D eigenvalue weighted by atomic mass is 10.0. The van der Waals surface area contributed by atoms with Gasteiger partial charge < -0.3 is 0 Å². The van der Waals surface area contributed by atoms with Crippen LogP contribution in [0.25, 0.3) is 0 Å². The largest absolute Gasteiger partial charge is 0.271 e. The van der Waals surface area contributed by atoms with Gasteiger partial charge in [0.05, 0.1) is 17.4 Å². The Morgan fingerprint density at radius 2 is 2.28 bits per heavy atom. The molecule has 2 rings (SSSR count). The van der Waals surface area contributed by atoms with Crippen LogP contribution in [0.4, 0.5) is 0 Å². The SMILES string of the molecule is CCc1cc(C(NN)c2cnccc2C)n(C)n1. The summed E-state index contributed by atoms with van der Waals surface area (Å²) < 4.78 is 1.87. The minimum absolute atomic E-state index is 0.0866. The number of hydrazine groups is 1. The molecule has 5 nitrogen and oxygen atoms in total. The van der Waals surface area contributed by atoms with Crippen molar-refractivity contribution < 1.29 is 0 Å². The van der Waals surface area contributed by atoms with E-state index in [0.717, 1.165) is 28.9 Å². The highest BCUT2D eigenvalue weighted by Gasteiger charge is 2.19. The highest BCUT2D eigenvalue weighted by molar-refractivity contribution is 5.32. The van der Waals surface area contributed by atoms with E-state index in [0.29, 0.717) is 0 Å². The molecule has 2 aromatic heterocycles. The predicted octanol–water partition coefficient (Wildman–Crippen LogP) is 1.24. The summed E-state index contributed by atoms with van der Waals surface area (Å²) in [5.74, 6) is 5.71. The number of pyridine rings is 1. The van der Waals surface area contributed by atoms with Crippen LogP contribution in [-0.2, 0) is 13.5 Å². The summed E-state index contributed by atoms with van der Waals surface area (Å²) in [7, 11) is 1.94. The fourth-order valence-corrected chi connectivity index (χ4v) is 2.10. The summed E-state index contributed by atoms with van der Waals surface area (Å²) in [5.41, 5.74) is 7.20. The van der Waals surface area contributed by atoms with E-state index in [-0.39, 0.29) is 6.04 Å². The second-order valence-electron chi connectivity index (χ2n) is 4.37. The molecule has 18 heavy (non-hydrogen) atoms. The number of hydrogen-bond donors (Lipinski definition) is 2. The molecule has 0 amide bonds. The van der Waals surface area contributed by atoms with Crippen molar-refractivity contribution in [2.45, 2.75) is 26.3 Å². The zero-order valence-corrected chi connectivity index (χ0v) is 11.0. The van der Waals surface area contributed by atoms with Crippen molar-refractivity contribution in [2.75, 3.05) is 0 Å². The molecular formula is C13H19N5. The molecule has 1 unspecified atom stereocenters. The molecule has 96 valence electrons. The van der Waals surface area contributed by atoms with Crippen molar-refractivity contribution in [1.82, 2.24) is 20.2 Å². The third-order valence-corrected chi connectivity index (χ3v) is 3.18. The Balaban J connectivity index is 2.45. The summed E-state index contributed by atoms with van der Waals surface area (Å²) >= 11 is 0. The van der Waals surface area contributed by atoms with Crippen LogP contribution >= 0.6 is 0 Å². The molecule has 3 N–H and O–H groups in total. The van der Waals surface area contributed by atoms with Gasteiger partial charge in [0.1, 0.15) is 0 Å². The summed E-state index contributed by atoms with van der Waals surface area (Å²) in [6, 6.07) is 3.98. The molecule has 0 aliphatic carbocycles. The zero-order chi connectivity index (χ0) is 13.1. The van der Waals surface area contributed by atoms with E-state index in [1.54, 1.807) is 6.20 Å². The van der Waals surface area contributed by atoms with Gasteiger partial charge in [-0.1, -0.05) is 6.92 Å². The zero-order valence-electron chi connectivity index (χ0n) is 11.0. The molecule has 1 atom stereocenters. The Morgan fingerprint density at radius 3 is 2.83 bits per heavy atom. The van der Waals surface area contributed by atoms with Gasteiger partial charge in [-0.2, -0.15) is 5.10 Å². The summed E-state index contributed by atoms with van der Waals surface area (Å²) in [6.07, 6.45) is 4.54. The number of nitrogens with two attached hydrogens (primary N) is 1. The molecule has 2 heterocycles. The first-order valence-electron chi connectivity index (χ1n) is 6.06. The number of hydrogen-bond acceptors (Lipinski definition) is 4. The van der Waals surface area contributed by atoms with Gasteiger partial charge in [0.15, 0.2) is 0 Å². The lowest BCUT2D eigenvalue weighted by Crippen LogP contribution is -2.31. The molecule has 0 aliphatic heterocycles. The average molecular weight is 245 g/mol. The van der Waals surface area contributed by atoms with Crippen LogP contribution in [0.2, 0.25) is 0 Å². The molecule has 0 saturated carbocycles. The standard InChI is InChI=1S/C13H19N5/c1-4-10-7-12(18(3)17-10)13(16-14)11-8-15-6-5-9(11)2/h5-8,13,16H,4,14H2,1-3H3. The Labute approximate surface area is 107 Å². The molecule has 0 bridgehead atoms. The maximum absolute atomic E-state index is 5.71. The minimum atomic E-state index is -0.0866. The van der Waals surface area contributed by atoms with Crippen LogP contribution in [0.1, 0.15) is 35.5 Å². The van der Waals surface area contributed by atoms with E-state index in [1.807, 2.05) is 24.0 Å². The average Bonchev–Trinajstić information content (AvgIpc) is 2.74. The van der Waals surface area contributed by atoms with Gasteiger partial charge in [-0.25, -0.2) is 5.43 Å². The number of nitrogens with zero attached hydrogens (tertiary/aromatic N) is 3. The van der Waals surface area contributed by atoms with Gasteiger partial charge in [0.2, 0.25) is 0 Å². The first-order chi connectivity index (χ1) is 8.67. The van der Waals surface area contributed by atoms with Crippen molar-refractivity contribution in [3.8, 4) is 0 Å². The normalized spacial score (nSPS) is 12.7. The van der Waals surface area contributed by atoms with Crippen LogP contribution in [0.5, 0.6) is 0 Å². The second-order valence-corrected chi connectivity index (χ2v) is 4.37. The quantitative estimate of drug-likeness (QED) is 0.628. The van der Waals surface area contributed by atoms with Gasteiger partial charge in [0, 0.05) is 19.4 Å².